The summed E-state index contributed by atoms with van der Waals surface area (Å²) in [6.45, 7) is 6.86. The Balaban J connectivity index is 1.41. The van der Waals surface area contributed by atoms with E-state index < -0.39 is 5.60 Å². The van der Waals surface area contributed by atoms with Gasteiger partial charge in [0, 0.05) is 29.4 Å². The fraction of sp³-hybridized carbons (Fsp3) is 0.455. The molecule has 5 nitrogen and oxygen atoms in total. The lowest BCUT2D eigenvalue weighted by Gasteiger charge is -2.53. The molecule has 0 saturated heterocycles. The third kappa shape index (κ3) is 5.55. The second-order valence-corrected chi connectivity index (χ2v) is 11.6. The molecular formula is C33H40N2O3. The molecular weight excluding hydrogens is 472 g/mol. The number of aryl methyl sites for hydroxylation is 2. The predicted octanol–water partition coefficient (Wildman–Crippen LogP) is 5.70. The Hall–Kier alpha value is -3.02. The van der Waals surface area contributed by atoms with Gasteiger partial charge in [0.15, 0.2) is 0 Å². The first kappa shape index (κ1) is 26.6. The molecule has 1 saturated carbocycles. The molecule has 1 heterocycles. The number of pyridine rings is 1. The van der Waals surface area contributed by atoms with Gasteiger partial charge in [-0.25, -0.2) is 0 Å². The molecule has 1 fully saturated rings. The van der Waals surface area contributed by atoms with Gasteiger partial charge in [0.05, 0.1) is 18.3 Å². The second kappa shape index (κ2) is 11.0. The standard InChI is InChI=1S/C33H40N2O3/c1-23(2)38-22-32(37)15-16-33(19-25-8-5-4-6-9-25)29(20-32)13-11-26-18-27(12-14-30(26)33)31(36)35-21-28-10-7-17-34-24(28)3/h4-10,12,14,17-18,23,29,37H,11,13,15-16,19-22H2,1-3H3,(H,35,36)/t29-,32-,33+/m1/s1. The summed E-state index contributed by atoms with van der Waals surface area (Å²) >= 11 is 0. The fourth-order valence-electron chi connectivity index (χ4n) is 6.63. The summed E-state index contributed by atoms with van der Waals surface area (Å²) in [6, 6.07) is 20.9. The lowest BCUT2D eigenvalue weighted by atomic mass is 9.52. The maximum Gasteiger partial charge on any atom is 0.251 e. The highest BCUT2D eigenvalue weighted by Gasteiger charge is 2.51. The van der Waals surface area contributed by atoms with Gasteiger partial charge in [-0.3, -0.25) is 9.78 Å². The molecule has 3 aromatic rings. The van der Waals surface area contributed by atoms with Crippen LogP contribution >= 0.6 is 0 Å². The summed E-state index contributed by atoms with van der Waals surface area (Å²) in [4.78, 5) is 17.4. The lowest BCUT2D eigenvalue weighted by molar-refractivity contribution is -0.111. The van der Waals surface area contributed by atoms with E-state index in [-0.39, 0.29) is 17.4 Å². The fourth-order valence-corrected chi connectivity index (χ4v) is 6.63. The van der Waals surface area contributed by atoms with Crippen molar-refractivity contribution in [3.05, 3.63) is 100 Å². The van der Waals surface area contributed by atoms with E-state index in [2.05, 4.69) is 52.8 Å². The largest absolute Gasteiger partial charge is 0.387 e. The van der Waals surface area contributed by atoms with Gasteiger partial charge < -0.3 is 15.2 Å². The molecule has 2 aliphatic rings. The Kier molecular flexibility index (Phi) is 7.69. The van der Waals surface area contributed by atoms with Gasteiger partial charge >= 0.3 is 0 Å². The molecule has 0 unspecified atom stereocenters. The van der Waals surface area contributed by atoms with E-state index in [0.29, 0.717) is 24.6 Å². The Bertz CT molecular complexity index is 1270. The first-order valence-electron chi connectivity index (χ1n) is 14.0. The van der Waals surface area contributed by atoms with E-state index in [9.17, 15) is 9.90 Å². The van der Waals surface area contributed by atoms with Crippen LogP contribution in [0.5, 0.6) is 0 Å². The number of hydrogen-bond acceptors (Lipinski definition) is 4. The molecule has 1 aromatic heterocycles. The summed E-state index contributed by atoms with van der Waals surface area (Å²) < 4.78 is 5.89. The van der Waals surface area contributed by atoms with Crippen LogP contribution < -0.4 is 5.32 Å². The third-order valence-electron chi connectivity index (χ3n) is 8.71. The van der Waals surface area contributed by atoms with Crippen LogP contribution in [0.15, 0.2) is 66.9 Å². The maximum atomic E-state index is 13.1. The predicted molar refractivity (Wildman–Crippen MR) is 150 cm³/mol. The Morgan fingerprint density at radius 1 is 1.13 bits per heavy atom. The quantitative estimate of drug-likeness (QED) is 0.406. The first-order chi connectivity index (χ1) is 18.3. The van der Waals surface area contributed by atoms with Crippen LogP contribution in [0.4, 0.5) is 0 Å². The number of rotatable bonds is 8. The number of amides is 1. The molecule has 5 heteroatoms. The zero-order valence-electron chi connectivity index (χ0n) is 22.9. The van der Waals surface area contributed by atoms with Crippen molar-refractivity contribution in [2.75, 3.05) is 6.61 Å². The van der Waals surface area contributed by atoms with Crippen LogP contribution in [0.25, 0.3) is 0 Å². The van der Waals surface area contributed by atoms with Crippen molar-refractivity contribution in [1.29, 1.82) is 0 Å². The van der Waals surface area contributed by atoms with E-state index in [4.69, 9.17) is 4.74 Å². The highest BCUT2D eigenvalue weighted by molar-refractivity contribution is 5.94. The number of aromatic nitrogens is 1. The van der Waals surface area contributed by atoms with Crippen molar-refractivity contribution in [3.8, 4) is 0 Å². The van der Waals surface area contributed by atoms with Crippen molar-refractivity contribution >= 4 is 5.91 Å². The topological polar surface area (TPSA) is 71.5 Å². The van der Waals surface area contributed by atoms with Crippen molar-refractivity contribution in [2.24, 2.45) is 5.92 Å². The minimum atomic E-state index is -0.781. The van der Waals surface area contributed by atoms with Gasteiger partial charge in [-0.2, -0.15) is 0 Å². The molecule has 2 aliphatic carbocycles. The molecule has 5 rings (SSSR count). The zero-order valence-corrected chi connectivity index (χ0v) is 22.9. The summed E-state index contributed by atoms with van der Waals surface area (Å²) in [7, 11) is 0. The molecule has 200 valence electrons. The molecule has 38 heavy (non-hydrogen) atoms. The Labute approximate surface area is 226 Å². The summed E-state index contributed by atoms with van der Waals surface area (Å²) in [5.41, 5.74) is 5.77. The molecule has 2 aromatic carbocycles. The van der Waals surface area contributed by atoms with E-state index in [0.717, 1.165) is 49.8 Å². The maximum absolute atomic E-state index is 13.1. The lowest BCUT2D eigenvalue weighted by Crippen LogP contribution is -2.53. The normalized spacial score (nSPS) is 24.5. The van der Waals surface area contributed by atoms with E-state index in [1.165, 1.54) is 16.7 Å². The van der Waals surface area contributed by atoms with Gasteiger partial charge in [-0.05, 0) is 106 Å². The molecule has 3 atom stereocenters. The van der Waals surface area contributed by atoms with Gasteiger partial charge in [-0.15, -0.1) is 0 Å². The molecule has 0 radical (unpaired) electrons. The number of nitrogens with one attached hydrogen (secondary N) is 1. The number of ether oxygens (including phenoxy) is 1. The average Bonchev–Trinajstić information content (AvgIpc) is 2.92. The Morgan fingerprint density at radius 3 is 2.71 bits per heavy atom. The van der Waals surface area contributed by atoms with Gasteiger partial charge in [0.1, 0.15) is 0 Å². The van der Waals surface area contributed by atoms with Crippen LogP contribution in [0, 0.1) is 12.8 Å². The van der Waals surface area contributed by atoms with Crippen molar-refractivity contribution < 1.29 is 14.6 Å². The summed E-state index contributed by atoms with van der Waals surface area (Å²) in [5, 5.41) is 14.6. The van der Waals surface area contributed by atoms with Crippen LogP contribution in [0.3, 0.4) is 0 Å². The van der Waals surface area contributed by atoms with E-state index >= 15 is 0 Å². The van der Waals surface area contributed by atoms with Crippen molar-refractivity contribution in [3.63, 3.8) is 0 Å². The molecule has 1 amide bonds. The van der Waals surface area contributed by atoms with Crippen LogP contribution in [-0.2, 0) is 29.5 Å². The van der Waals surface area contributed by atoms with Gasteiger partial charge in [-0.1, -0.05) is 42.5 Å². The number of aliphatic hydroxyl groups is 1. The van der Waals surface area contributed by atoms with Crippen LogP contribution in [0.1, 0.15) is 77.8 Å². The molecule has 0 aliphatic heterocycles. The smallest absolute Gasteiger partial charge is 0.251 e. The van der Waals surface area contributed by atoms with Gasteiger partial charge in [0.2, 0.25) is 0 Å². The SMILES string of the molecule is Cc1ncccc1CNC(=O)c1ccc2c(c1)CC[C@@H]1C[C@@](O)(COC(C)C)CC[C@@]21Cc1ccccc1. The monoisotopic (exact) mass is 512 g/mol. The molecule has 0 bridgehead atoms. The minimum absolute atomic E-state index is 0.0547. The average molecular weight is 513 g/mol. The molecule has 0 spiro atoms. The Morgan fingerprint density at radius 2 is 1.95 bits per heavy atom. The van der Waals surface area contributed by atoms with Gasteiger partial charge in [0.25, 0.3) is 5.91 Å². The van der Waals surface area contributed by atoms with Crippen molar-refractivity contribution in [2.45, 2.75) is 83.0 Å². The molecule has 2 N–H and O–H groups in total. The number of carbonyl (C=O) groups excluding carboxylic acids is 1. The number of hydrogen-bond donors (Lipinski definition) is 2. The van der Waals surface area contributed by atoms with Crippen LogP contribution in [-0.4, -0.2) is 34.3 Å². The highest BCUT2D eigenvalue weighted by atomic mass is 16.5. The van der Waals surface area contributed by atoms with Crippen LogP contribution in [0.2, 0.25) is 0 Å². The first-order valence-corrected chi connectivity index (χ1v) is 14.0. The van der Waals surface area contributed by atoms with E-state index in [1.807, 2.05) is 39.0 Å². The number of benzene rings is 2. The summed E-state index contributed by atoms with van der Waals surface area (Å²) in [6.07, 6.45) is 7.11. The summed E-state index contributed by atoms with van der Waals surface area (Å²) in [5.74, 6) is 0.303. The third-order valence-corrected chi connectivity index (χ3v) is 8.71. The number of nitrogens with zero attached hydrogens (tertiary/aromatic N) is 1. The van der Waals surface area contributed by atoms with E-state index in [1.54, 1.807) is 6.20 Å². The minimum Gasteiger partial charge on any atom is -0.387 e. The zero-order chi connectivity index (χ0) is 26.8. The second-order valence-electron chi connectivity index (χ2n) is 11.6. The number of carbonyl (C=O) groups is 1. The number of fused-ring (bicyclic) bond motifs is 3. The highest BCUT2D eigenvalue weighted by Crippen LogP contribution is 2.54. The van der Waals surface area contributed by atoms with Crippen molar-refractivity contribution in [1.82, 2.24) is 10.3 Å².